The first-order valence-corrected chi connectivity index (χ1v) is 7.37. The van der Waals surface area contributed by atoms with Gasteiger partial charge >= 0.3 is 6.18 Å². The standard InChI is InChI=1S/C17H12F3N3O/c18-17(19,20)11-6-4-10(5-7-11)16-21-14-3-1-2-12-13(22-24)8-9-23(16)15(12)14/h1-7,24H,8-9H2. The number of benzene rings is 2. The Hall–Kier alpha value is -2.83. The van der Waals surface area contributed by atoms with Crippen LogP contribution in [-0.4, -0.2) is 20.5 Å². The van der Waals surface area contributed by atoms with Crippen LogP contribution in [0.2, 0.25) is 0 Å². The summed E-state index contributed by atoms with van der Waals surface area (Å²) in [5, 5.41) is 12.5. The molecule has 2 aromatic carbocycles. The highest BCUT2D eigenvalue weighted by Gasteiger charge is 2.30. The smallest absolute Gasteiger partial charge is 0.411 e. The maximum atomic E-state index is 12.7. The first-order valence-electron chi connectivity index (χ1n) is 7.37. The summed E-state index contributed by atoms with van der Waals surface area (Å²) in [7, 11) is 0. The van der Waals surface area contributed by atoms with Crippen LogP contribution >= 0.6 is 0 Å². The van der Waals surface area contributed by atoms with Crippen molar-refractivity contribution in [3.05, 3.63) is 53.6 Å². The number of para-hydroxylation sites is 1. The molecule has 0 saturated carbocycles. The molecule has 1 aliphatic heterocycles. The van der Waals surface area contributed by atoms with E-state index in [-0.39, 0.29) is 0 Å². The molecule has 0 spiro atoms. The Morgan fingerprint density at radius 3 is 2.50 bits per heavy atom. The summed E-state index contributed by atoms with van der Waals surface area (Å²) < 4.78 is 40.1. The Kier molecular flexibility index (Phi) is 3.13. The number of aromatic nitrogens is 2. The predicted molar refractivity (Wildman–Crippen MR) is 83.1 cm³/mol. The molecule has 1 aromatic heterocycles. The molecule has 0 radical (unpaired) electrons. The highest BCUT2D eigenvalue weighted by atomic mass is 19.4. The molecule has 0 unspecified atom stereocenters. The fraction of sp³-hybridized carbons (Fsp3) is 0.176. The molecule has 0 bridgehead atoms. The van der Waals surface area contributed by atoms with Gasteiger partial charge in [0.05, 0.1) is 22.3 Å². The summed E-state index contributed by atoms with van der Waals surface area (Å²) >= 11 is 0. The van der Waals surface area contributed by atoms with Crippen molar-refractivity contribution in [2.75, 3.05) is 0 Å². The summed E-state index contributed by atoms with van der Waals surface area (Å²) in [5.41, 5.74) is 2.89. The number of rotatable bonds is 1. The molecule has 0 atom stereocenters. The second-order valence-corrected chi connectivity index (χ2v) is 5.63. The largest absolute Gasteiger partial charge is 0.416 e. The summed E-state index contributed by atoms with van der Waals surface area (Å²) in [5.74, 6) is 0.614. The highest BCUT2D eigenvalue weighted by Crippen LogP contribution is 2.34. The summed E-state index contributed by atoms with van der Waals surface area (Å²) in [4.78, 5) is 4.56. The Labute approximate surface area is 134 Å². The SMILES string of the molecule is ON=C1CCn2c(-c3ccc(C(F)(F)F)cc3)nc3cccc1c32. The van der Waals surface area contributed by atoms with Crippen LogP contribution in [0.15, 0.2) is 47.6 Å². The van der Waals surface area contributed by atoms with E-state index in [0.717, 1.165) is 28.7 Å². The average molecular weight is 331 g/mol. The minimum atomic E-state index is -4.36. The van der Waals surface area contributed by atoms with Crippen molar-refractivity contribution in [3.8, 4) is 11.4 Å². The normalized spacial score (nSPS) is 16.0. The molecule has 7 heteroatoms. The molecule has 0 fully saturated rings. The maximum Gasteiger partial charge on any atom is 0.416 e. The topological polar surface area (TPSA) is 50.4 Å². The molecule has 122 valence electrons. The van der Waals surface area contributed by atoms with Crippen molar-refractivity contribution >= 4 is 16.7 Å². The number of imidazole rings is 1. The van der Waals surface area contributed by atoms with Crippen LogP contribution in [0.5, 0.6) is 0 Å². The van der Waals surface area contributed by atoms with Crippen LogP contribution in [-0.2, 0) is 12.7 Å². The van der Waals surface area contributed by atoms with Crippen molar-refractivity contribution < 1.29 is 18.4 Å². The van der Waals surface area contributed by atoms with Crippen molar-refractivity contribution in [1.82, 2.24) is 9.55 Å². The second kappa shape index (κ2) is 5.09. The van der Waals surface area contributed by atoms with Gasteiger partial charge in [0.15, 0.2) is 0 Å². The molecular formula is C17H12F3N3O. The van der Waals surface area contributed by atoms with E-state index in [2.05, 4.69) is 10.1 Å². The van der Waals surface area contributed by atoms with Gasteiger partial charge in [0.2, 0.25) is 0 Å². The van der Waals surface area contributed by atoms with Crippen molar-refractivity contribution in [1.29, 1.82) is 0 Å². The van der Waals surface area contributed by atoms with Gasteiger partial charge in [-0.05, 0) is 18.2 Å². The molecule has 3 aromatic rings. The van der Waals surface area contributed by atoms with Crippen molar-refractivity contribution in [2.24, 2.45) is 5.16 Å². The Balaban J connectivity index is 1.89. The fourth-order valence-electron chi connectivity index (χ4n) is 3.12. The minimum Gasteiger partial charge on any atom is -0.411 e. The van der Waals surface area contributed by atoms with Gasteiger partial charge in [-0.15, -0.1) is 0 Å². The number of hydrogen-bond donors (Lipinski definition) is 1. The summed E-state index contributed by atoms with van der Waals surface area (Å²) in [6, 6.07) is 10.5. The number of halogens is 3. The maximum absolute atomic E-state index is 12.7. The summed E-state index contributed by atoms with van der Waals surface area (Å²) in [6.45, 7) is 0.559. The highest BCUT2D eigenvalue weighted by molar-refractivity contribution is 6.10. The Bertz CT molecular complexity index is 956. The lowest BCUT2D eigenvalue weighted by molar-refractivity contribution is -0.137. The van der Waals surface area contributed by atoms with Gasteiger partial charge in [-0.2, -0.15) is 13.2 Å². The number of alkyl halides is 3. The minimum absolute atomic E-state index is 0.534. The van der Waals surface area contributed by atoms with E-state index >= 15 is 0 Å². The Morgan fingerprint density at radius 2 is 1.83 bits per heavy atom. The van der Waals surface area contributed by atoms with Crippen molar-refractivity contribution in [3.63, 3.8) is 0 Å². The quantitative estimate of drug-likeness (QED) is 0.534. The van der Waals surface area contributed by atoms with Gasteiger partial charge in [0.1, 0.15) is 5.82 Å². The lowest BCUT2D eigenvalue weighted by atomic mass is 10.0. The van der Waals surface area contributed by atoms with E-state index < -0.39 is 11.7 Å². The number of aryl methyl sites for hydroxylation is 1. The molecule has 0 amide bonds. The lowest BCUT2D eigenvalue weighted by Gasteiger charge is -2.17. The molecule has 0 saturated heterocycles. The molecule has 2 heterocycles. The van der Waals surface area contributed by atoms with Gasteiger partial charge in [0.25, 0.3) is 0 Å². The van der Waals surface area contributed by atoms with Gasteiger partial charge in [-0.3, -0.25) is 0 Å². The van der Waals surface area contributed by atoms with Crippen LogP contribution in [0, 0.1) is 0 Å². The molecular weight excluding hydrogens is 319 g/mol. The molecule has 24 heavy (non-hydrogen) atoms. The average Bonchev–Trinajstić information content (AvgIpc) is 2.95. The van der Waals surface area contributed by atoms with E-state index in [4.69, 9.17) is 5.21 Å². The first-order chi connectivity index (χ1) is 11.5. The monoisotopic (exact) mass is 331 g/mol. The molecule has 4 rings (SSSR count). The molecule has 0 aliphatic carbocycles. The molecule has 4 nitrogen and oxygen atoms in total. The van der Waals surface area contributed by atoms with E-state index in [0.29, 0.717) is 30.1 Å². The van der Waals surface area contributed by atoms with E-state index in [9.17, 15) is 13.2 Å². The third kappa shape index (κ3) is 2.16. The zero-order valence-corrected chi connectivity index (χ0v) is 12.4. The van der Waals surface area contributed by atoms with Crippen LogP contribution < -0.4 is 0 Å². The predicted octanol–water partition coefficient (Wildman–Crippen LogP) is 4.30. The first kappa shape index (κ1) is 14.7. The zero-order valence-electron chi connectivity index (χ0n) is 12.4. The van der Waals surface area contributed by atoms with E-state index in [1.54, 1.807) is 0 Å². The van der Waals surface area contributed by atoms with Gasteiger partial charge in [-0.25, -0.2) is 4.98 Å². The van der Waals surface area contributed by atoms with Crippen LogP contribution in [0.3, 0.4) is 0 Å². The van der Waals surface area contributed by atoms with Crippen molar-refractivity contribution in [2.45, 2.75) is 19.1 Å². The van der Waals surface area contributed by atoms with Gasteiger partial charge in [-0.1, -0.05) is 29.4 Å². The van der Waals surface area contributed by atoms with Crippen LogP contribution in [0.4, 0.5) is 13.2 Å². The van der Waals surface area contributed by atoms with E-state index in [1.165, 1.54) is 12.1 Å². The number of oxime groups is 1. The Morgan fingerprint density at radius 1 is 1.08 bits per heavy atom. The third-order valence-electron chi connectivity index (χ3n) is 4.24. The fourth-order valence-corrected chi connectivity index (χ4v) is 3.12. The van der Waals surface area contributed by atoms with E-state index in [1.807, 2.05) is 22.8 Å². The zero-order chi connectivity index (χ0) is 16.9. The molecule has 1 N–H and O–H groups in total. The van der Waals surface area contributed by atoms with Gasteiger partial charge < -0.3 is 9.77 Å². The van der Waals surface area contributed by atoms with Crippen LogP contribution in [0.25, 0.3) is 22.4 Å². The lowest BCUT2D eigenvalue weighted by Crippen LogP contribution is -2.15. The second-order valence-electron chi connectivity index (χ2n) is 5.63. The number of nitrogens with zero attached hydrogens (tertiary/aromatic N) is 3. The molecule has 1 aliphatic rings. The van der Waals surface area contributed by atoms with Gasteiger partial charge in [0, 0.05) is 24.1 Å². The third-order valence-corrected chi connectivity index (χ3v) is 4.24. The number of hydrogen-bond acceptors (Lipinski definition) is 3. The van der Waals surface area contributed by atoms with Crippen LogP contribution in [0.1, 0.15) is 17.5 Å². The summed E-state index contributed by atoms with van der Waals surface area (Å²) in [6.07, 6.45) is -3.82.